The first kappa shape index (κ1) is 15.2. The number of hydrogen-bond donors (Lipinski definition) is 2. The Hall–Kier alpha value is -2.20. The molecule has 0 aliphatic rings. The molecule has 0 aromatic heterocycles. The van der Waals surface area contributed by atoms with Crippen molar-refractivity contribution in [1.82, 2.24) is 0 Å². The lowest BCUT2D eigenvalue weighted by Crippen LogP contribution is -2.20. The minimum absolute atomic E-state index is 0.343. The van der Waals surface area contributed by atoms with Crippen molar-refractivity contribution >= 4 is 29.0 Å². The third kappa shape index (κ3) is 3.67. The van der Waals surface area contributed by atoms with Crippen LogP contribution in [0.5, 0.6) is 5.75 Å². The minimum Gasteiger partial charge on any atom is -0.495 e. The number of benzene rings is 2. The molecule has 0 unspecified atom stereocenters. The maximum Gasteiger partial charge on any atom is 0.323 e. The summed E-state index contributed by atoms with van der Waals surface area (Å²) in [5, 5.41) is 6.09. The van der Waals surface area contributed by atoms with Gasteiger partial charge in [0.15, 0.2) is 0 Å². The van der Waals surface area contributed by atoms with Crippen LogP contribution in [0, 0.1) is 13.8 Å². The third-order valence-corrected chi connectivity index (χ3v) is 3.50. The van der Waals surface area contributed by atoms with Crippen molar-refractivity contribution < 1.29 is 9.53 Å². The van der Waals surface area contributed by atoms with Crippen molar-refractivity contribution in [2.24, 2.45) is 0 Å². The van der Waals surface area contributed by atoms with Gasteiger partial charge in [0.25, 0.3) is 0 Å². The van der Waals surface area contributed by atoms with Gasteiger partial charge in [-0.2, -0.15) is 0 Å². The van der Waals surface area contributed by atoms with Gasteiger partial charge in [0.2, 0.25) is 0 Å². The SMILES string of the molecule is COc1ccc(Cl)cc1NC(=O)Nc1cccc(C)c1C. The van der Waals surface area contributed by atoms with Gasteiger partial charge in [0.05, 0.1) is 12.8 Å². The summed E-state index contributed by atoms with van der Waals surface area (Å²) in [6.07, 6.45) is 0. The monoisotopic (exact) mass is 304 g/mol. The molecule has 0 aliphatic carbocycles. The van der Waals surface area contributed by atoms with E-state index in [1.165, 1.54) is 7.11 Å². The summed E-state index contributed by atoms with van der Waals surface area (Å²) in [5.74, 6) is 0.551. The summed E-state index contributed by atoms with van der Waals surface area (Å²) in [6, 6.07) is 10.5. The average Bonchev–Trinajstić information content (AvgIpc) is 2.44. The Morgan fingerprint density at radius 1 is 1.10 bits per heavy atom. The van der Waals surface area contributed by atoms with E-state index in [-0.39, 0.29) is 6.03 Å². The minimum atomic E-state index is -0.343. The van der Waals surface area contributed by atoms with Crippen LogP contribution in [0.1, 0.15) is 11.1 Å². The molecule has 0 radical (unpaired) electrons. The van der Waals surface area contributed by atoms with Gasteiger partial charge in [-0.1, -0.05) is 23.7 Å². The fourth-order valence-electron chi connectivity index (χ4n) is 1.94. The number of aryl methyl sites for hydroxylation is 1. The molecule has 0 heterocycles. The Kier molecular flexibility index (Phi) is 4.70. The summed E-state index contributed by atoms with van der Waals surface area (Å²) in [7, 11) is 1.54. The van der Waals surface area contributed by atoms with Gasteiger partial charge >= 0.3 is 6.03 Å². The number of ether oxygens (including phenoxy) is 1. The first-order valence-electron chi connectivity index (χ1n) is 6.49. The zero-order valence-electron chi connectivity index (χ0n) is 12.2. The van der Waals surface area contributed by atoms with E-state index in [4.69, 9.17) is 16.3 Å². The Balaban J connectivity index is 2.15. The highest BCUT2D eigenvalue weighted by atomic mass is 35.5. The highest BCUT2D eigenvalue weighted by Crippen LogP contribution is 2.28. The molecule has 0 atom stereocenters. The number of hydrogen-bond acceptors (Lipinski definition) is 2. The molecule has 4 nitrogen and oxygen atoms in total. The Morgan fingerprint density at radius 2 is 1.81 bits per heavy atom. The van der Waals surface area contributed by atoms with Crippen molar-refractivity contribution in [1.29, 1.82) is 0 Å². The standard InChI is InChI=1S/C16H17ClN2O2/c1-10-5-4-6-13(11(10)2)18-16(20)19-14-9-12(17)7-8-15(14)21-3/h4-9H,1-3H3,(H2,18,19,20). The maximum absolute atomic E-state index is 12.1. The maximum atomic E-state index is 12.1. The van der Waals surface area contributed by atoms with Gasteiger partial charge in [-0.15, -0.1) is 0 Å². The van der Waals surface area contributed by atoms with Gasteiger partial charge in [0, 0.05) is 10.7 Å². The summed E-state index contributed by atoms with van der Waals surface area (Å²) >= 11 is 5.94. The number of urea groups is 1. The molecule has 2 amide bonds. The fourth-order valence-corrected chi connectivity index (χ4v) is 2.11. The molecule has 0 saturated carbocycles. The topological polar surface area (TPSA) is 50.4 Å². The van der Waals surface area contributed by atoms with Crippen LogP contribution in [0.2, 0.25) is 5.02 Å². The first-order valence-corrected chi connectivity index (χ1v) is 6.87. The average molecular weight is 305 g/mol. The number of anilines is 2. The second-order valence-electron chi connectivity index (χ2n) is 4.67. The van der Waals surface area contributed by atoms with Crippen LogP contribution < -0.4 is 15.4 Å². The van der Waals surface area contributed by atoms with Crippen LogP contribution in [0.25, 0.3) is 0 Å². The fraction of sp³-hybridized carbons (Fsp3) is 0.188. The molecule has 21 heavy (non-hydrogen) atoms. The molecule has 2 aromatic carbocycles. The number of rotatable bonds is 3. The van der Waals surface area contributed by atoms with E-state index in [0.29, 0.717) is 16.5 Å². The molecule has 0 aliphatic heterocycles. The van der Waals surface area contributed by atoms with E-state index >= 15 is 0 Å². The van der Waals surface area contributed by atoms with Gasteiger partial charge in [-0.3, -0.25) is 0 Å². The summed E-state index contributed by atoms with van der Waals surface area (Å²) in [5.41, 5.74) is 3.44. The highest BCUT2D eigenvalue weighted by molar-refractivity contribution is 6.31. The Bertz CT molecular complexity index is 671. The molecule has 110 valence electrons. The van der Waals surface area contributed by atoms with Crippen molar-refractivity contribution in [2.75, 3.05) is 17.7 Å². The lowest BCUT2D eigenvalue weighted by Gasteiger charge is -2.13. The lowest BCUT2D eigenvalue weighted by atomic mass is 10.1. The zero-order chi connectivity index (χ0) is 15.4. The lowest BCUT2D eigenvalue weighted by molar-refractivity contribution is 0.262. The van der Waals surface area contributed by atoms with E-state index < -0.39 is 0 Å². The van der Waals surface area contributed by atoms with Crippen LogP contribution in [-0.2, 0) is 0 Å². The van der Waals surface area contributed by atoms with Crippen LogP contribution in [0.4, 0.5) is 16.2 Å². The quantitative estimate of drug-likeness (QED) is 0.870. The molecule has 0 saturated heterocycles. The van der Waals surface area contributed by atoms with Gasteiger partial charge in [-0.05, 0) is 49.2 Å². The molecule has 0 fully saturated rings. The highest BCUT2D eigenvalue weighted by Gasteiger charge is 2.10. The Labute approximate surface area is 129 Å². The van der Waals surface area contributed by atoms with E-state index in [2.05, 4.69) is 10.6 Å². The van der Waals surface area contributed by atoms with Crippen LogP contribution in [0.3, 0.4) is 0 Å². The van der Waals surface area contributed by atoms with E-state index in [0.717, 1.165) is 16.8 Å². The van der Waals surface area contributed by atoms with Crippen LogP contribution in [0.15, 0.2) is 36.4 Å². The van der Waals surface area contributed by atoms with E-state index in [1.54, 1.807) is 18.2 Å². The molecule has 0 spiro atoms. The molecular weight excluding hydrogens is 288 g/mol. The number of halogens is 1. The van der Waals surface area contributed by atoms with Crippen molar-refractivity contribution in [3.8, 4) is 5.75 Å². The second-order valence-corrected chi connectivity index (χ2v) is 5.11. The largest absolute Gasteiger partial charge is 0.495 e. The van der Waals surface area contributed by atoms with Crippen LogP contribution >= 0.6 is 11.6 Å². The van der Waals surface area contributed by atoms with Crippen molar-refractivity contribution in [3.63, 3.8) is 0 Å². The number of carbonyl (C=O) groups is 1. The van der Waals surface area contributed by atoms with Crippen molar-refractivity contribution in [3.05, 3.63) is 52.5 Å². The molecule has 2 rings (SSSR count). The predicted octanol–water partition coefficient (Wildman–Crippen LogP) is 4.61. The Morgan fingerprint density at radius 3 is 2.52 bits per heavy atom. The summed E-state index contributed by atoms with van der Waals surface area (Å²) in [4.78, 5) is 12.1. The molecular formula is C16H17ClN2O2. The number of carbonyl (C=O) groups excluding carboxylic acids is 1. The number of nitrogens with one attached hydrogen (secondary N) is 2. The second kappa shape index (κ2) is 6.50. The normalized spacial score (nSPS) is 10.1. The number of amides is 2. The molecule has 5 heteroatoms. The van der Waals surface area contributed by atoms with E-state index in [1.807, 2.05) is 32.0 Å². The first-order chi connectivity index (χ1) is 10.0. The molecule has 2 aromatic rings. The van der Waals surface area contributed by atoms with Crippen LogP contribution in [-0.4, -0.2) is 13.1 Å². The zero-order valence-corrected chi connectivity index (χ0v) is 12.9. The summed E-state index contributed by atoms with van der Waals surface area (Å²) < 4.78 is 5.19. The smallest absolute Gasteiger partial charge is 0.323 e. The number of methoxy groups -OCH3 is 1. The predicted molar refractivity (Wildman–Crippen MR) is 86.6 cm³/mol. The summed E-state index contributed by atoms with van der Waals surface area (Å²) in [6.45, 7) is 3.96. The molecule has 2 N–H and O–H groups in total. The van der Waals surface area contributed by atoms with Gasteiger partial charge in [-0.25, -0.2) is 4.79 Å². The van der Waals surface area contributed by atoms with E-state index in [9.17, 15) is 4.79 Å². The third-order valence-electron chi connectivity index (χ3n) is 3.26. The van der Waals surface area contributed by atoms with Gasteiger partial charge < -0.3 is 15.4 Å². The molecule has 0 bridgehead atoms. The van der Waals surface area contributed by atoms with Crippen molar-refractivity contribution in [2.45, 2.75) is 13.8 Å². The van der Waals surface area contributed by atoms with Gasteiger partial charge in [0.1, 0.15) is 5.75 Å².